The smallest absolute Gasteiger partial charge is 0.318 e. The van der Waals surface area contributed by atoms with Crippen LogP contribution in [0.25, 0.3) is 0 Å². The Morgan fingerprint density at radius 2 is 2.31 bits per heavy atom. The number of ketones is 1. The molecule has 0 spiro atoms. The number of esters is 1. The first-order valence-corrected chi connectivity index (χ1v) is 4.34. The van der Waals surface area contributed by atoms with Crippen molar-refractivity contribution in [3.05, 3.63) is 0 Å². The van der Waals surface area contributed by atoms with Gasteiger partial charge in [-0.25, -0.2) is 0 Å². The van der Waals surface area contributed by atoms with Crippen LogP contribution in [0.5, 0.6) is 0 Å². The van der Waals surface area contributed by atoms with Gasteiger partial charge < -0.3 is 9.47 Å². The number of carbonyl (C=O) groups excluding carboxylic acids is 2. The van der Waals surface area contributed by atoms with Crippen molar-refractivity contribution in [3.8, 4) is 0 Å². The second-order valence-corrected chi connectivity index (χ2v) is 3.49. The van der Waals surface area contributed by atoms with Gasteiger partial charge in [0, 0.05) is 0 Å². The van der Waals surface area contributed by atoms with E-state index in [0.29, 0.717) is 6.61 Å². The highest BCUT2D eigenvalue weighted by atomic mass is 16.5. The number of ether oxygens (including phenoxy) is 2. The number of carbonyl (C=O) groups is 2. The summed E-state index contributed by atoms with van der Waals surface area (Å²) in [7, 11) is 0. The van der Waals surface area contributed by atoms with Crippen LogP contribution in [0.1, 0.15) is 20.8 Å². The van der Waals surface area contributed by atoms with Gasteiger partial charge in [0.25, 0.3) is 0 Å². The van der Waals surface area contributed by atoms with Crippen molar-refractivity contribution in [3.63, 3.8) is 0 Å². The van der Waals surface area contributed by atoms with Gasteiger partial charge in [0.05, 0.1) is 13.2 Å². The number of rotatable bonds is 2. The third kappa shape index (κ3) is 1.88. The van der Waals surface area contributed by atoms with Gasteiger partial charge >= 0.3 is 5.97 Å². The molecule has 1 unspecified atom stereocenters. The molecule has 1 aliphatic heterocycles. The lowest BCUT2D eigenvalue weighted by molar-refractivity contribution is -0.150. The van der Waals surface area contributed by atoms with E-state index in [1.807, 2.05) is 0 Å². The summed E-state index contributed by atoms with van der Waals surface area (Å²) in [6, 6.07) is 0. The quantitative estimate of drug-likeness (QED) is 0.466. The van der Waals surface area contributed by atoms with Crippen LogP contribution >= 0.6 is 0 Å². The number of hydrogen-bond donors (Lipinski definition) is 0. The Kier molecular flexibility index (Phi) is 2.71. The van der Waals surface area contributed by atoms with Crippen LogP contribution in [0, 0.1) is 5.92 Å². The van der Waals surface area contributed by atoms with E-state index in [0.717, 1.165) is 0 Å². The molecular weight excluding hydrogens is 172 g/mol. The zero-order valence-corrected chi connectivity index (χ0v) is 8.12. The van der Waals surface area contributed by atoms with E-state index >= 15 is 0 Å². The van der Waals surface area contributed by atoms with Crippen molar-refractivity contribution < 1.29 is 19.1 Å². The molecule has 1 rings (SSSR count). The van der Waals surface area contributed by atoms with Crippen LogP contribution in [0.4, 0.5) is 0 Å². The van der Waals surface area contributed by atoms with Crippen LogP contribution in [0.3, 0.4) is 0 Å². The molecule has 74 valence electrons. The minimum Gasteiger partial charge on any atom is -0.465 e. The third-order valence-electron chi connectivity index (χ3n) is 2.09. The van der Waals surface area contributed by atoms with E-state index in [-0.39, 0.29) is 12.4 Å². The summed E-state index contributed by atoms with van der Waals surface area (Å²) in [4.78, 5) is 22.7. The van der Waals surface area contributed by atoms with Crippen molar-refractivity contribution in [2.45, 2.75) is 26.4 Å². The number of hydrogen-bond acceptors (Lipinski definition) is 4. The van der Waals surface area contributed by atoms with Gasteiger partial charge in [-0.3, -0.25) is 9.59 Å². The Bertz CT molecular complexity index is 232. The number of Topliss-reactive ketones (excluding diaryl/α,β-unsaturated/α-hetero) is 1. The highest BCUT2D eigenvalue weighted by molar-refractivity contribution is 6.04. The Hall–Kier alpha value is -0.900. The molecule has 0 saturated carbocycles. The van der Waals surface area contributed by atoms with Crippen LogP contribution in [0.15, 0.2) is 0 Å². The molecule has 0 aromatic heterocycles. The fourth-order valence-corrected chi connectivity index (χ4v) is 1.28. The molecule has 4 heteroatoms. The van der Waals surface area contributed by atoms with Crippen molar-refractivity contribution in [2.75, 3.05) is 13.2 Å². The van der Waals surface area contributed by atoms with Crippen molar-refractivity contribution >= 4 is 11.8 Å². The normalized spacial score (nSPS) is 26.1. The van der Waals surface area contributed by atoms with E-state index in [2.05, 4.69) is 0 Å². The lowest BCUT2D eigenvalue weighted by Crippen LogP contribution is -2.33. The van der Waals surface area contributed by atoms with Gasteiger partial charge in [-0.15, -0.1) is 0 Å². The van der Waals surface area contributed by atoms with E-state index < -0.39 is 17.5 Å². The fourth-order valence-electron chi connectivity index (χ4n) is 1.28. The lowest BCUT2D eigenvalue weighted by Gasteiger charge is -2.13. The molecule has 1 saturated heterocycles. The molecule has 13 heavy (non-hydrogen) atoms. The molecule has 0 aliphatic carbocycles. The Morgan fingerprint density at radius 1 is 1.69 bits per heavy atom. The van der Waals surface area contributed by atoms with Gasteiger partial charge in [-0.1, -0.05) is 0 Å². The maximum atomic E-state index is 11.5. The van der Waals surface area contributed by atoms with Gasteiger partial charge in [0.15, 0.2) is 5.78 Å². The SMILES string of the molecule is CCOC(=O)C1COC(C)(C)C1=O. The Balaban J connectivity index is 2.65. The van der Waals surface area contributed by atoms with Crippen LogP contribution in [0.2, 0.25) is 0 Å². The standard InChI is InChI=1S/C9H14O4/c1-4-12-8(11)6-5-13-9(2,3)7(6)10/h6H,4-5H2,1-3H3. The van der Waals surface area contributed by atoms with Crippen LogP contribution in [-0.4, -0.2) is 30.6 Å². The molecule has 1 atom stereocenters. The highest BCUT2D eigenvalue weighted by Crippen LogP contribution is 2.26. The highest BCUT2D eigenvalue weighted by Gasteiger charge is 2.46. The summed E-state index contributed by atoms with van der Waals surface area (Å²) in [5.41, 5.74) is -0.836. The van der Waals surface area contributed by atoms with Crippen LogP contribution < -0.4 is 0 Å². The van der Waals surface area contributed by atoms with Gasteiger partial charge in [0.1, 0.15) is 11.5 Å². The lowest BCUT2D eigenvalue weighted by atomic mass is 9.96. The maximum absolute atomic E-state index is 11.5. The molecular formula is C9H14O4. The first-order chi connectivity index (χ1) is 5.99. The summed E-state index contributed by atoms with van der Waals surface area (Å²) < 4.78 is 9.93. The van der Waals surface area contributed by atoms with Crippen LogP contribution in [-0.2, 0) is 19.1 Å². The topological polar surface area (TPSA) is 52.6 Å². The minimum absolute atomic E-state index is 0.144. The van der Waals surface area contributed by atoms with Gasteiger partial charge in [-0.05, 0) is 20.8 Å². The molecule has 0 bridgehead atoms. The average Bonchev–Trinajstić information content (AvgIpc) is 2.28. The molecule has 0 aromatic rings. The second-order valence-electron chi connectivity index (χ2n) is 3.49. The zero-order valence-electron chi connectivity index (χ0n) is 8.12. The predicted molar refractivity (Wildman–Crippen MR) is 45.2 cm³/mol. The van der Waals surface area contributed by atoms with Crippen molar-refractivity contribution in [1.82, 2.24) is 0 Å². The maximum Gasteiger partial charge on any atom is 0.318 e. The largest absolute Gasteiger partial charge is 0.465 e. The summed E-state index contributed by atoms with van der Waals surface area (Å²) in [6.07, 6.45) is 0. The van der Waals surface area contributed by atoms with E-state index in [1.165, 1.54) is 0 Å². The molecule has 1 fully saturated rings. The summed E-state index contributed by atoms with van der Waals surface area (Å²) in [6.45, 7) is 5.47. The van der Waals surface area contributed by atoms with E-state index in [1.54, 1.807) is 20.8 Å². The average molecular weight is 186 g/mol. The summed E-state index contributed by atoms with van der Waals surface area (Å²) in [5.74, 6) is -1.39. The molecule has 0 amide bonds. The molecule has 0 N–H and O–H groups in total. The van der Waals surface area contributed by atoms with Crippen molar-refractivity contribution in [1.29, 1.82) is 0 Å². The molecule has 0 radical (unpaired) electrons. The fraction of sp³-hybridized carbons (Fsp3) is 0.778. The van der Waals surface area contributed by atoms with Crippen molar-refractivity contribution in [2.24, 2.45) is 5.92 Å². The Morgan fingerprint density at radius 3 is 2.69 bits per heavy atom. The summed E-state index contributed by atoms with van der Waals surface area (Å²) in [5, 5.41) is 0. The summed E-state index contributed by atoms with van der Waals surface area (Å²) >= 11 is 0. The zero-order chi connectivity index (χ0) is 10.1. The minimum atomic E-state index is -0.836. The monoisotopic (exact) mass is 186 g/mol. The first kappa shape index (κ1) is 10.2. The third-order valence-corrected chi connectivity index (χ3v) is 2.09. The van der Waals surface area contributed by atoms with Gasteiger partial charge in [0.2, 0.25) is 0 Å². The second kappa shape index (κ2) is 3.46. The van der Waals surface area contributed by atoms with E-state index in [9.17, 15) is 9.59 Å². The predicted octanol–water partition coefficient (Wildman–Crippen LogP) is 0.544. The van der Waals surface area contributed by atoms with E-state index in [4.69, 9.17) is 9.47 Å². The molecule has 4 nitrogen and oxygen atoms in total. The Labute approximate surface area is 77.2 Å². The first-order valence-electron chi connectivity index (χ1n) is 4.34. The molecule has 0 aromatic carbocycles. The molecule has 1 heterocycles. The molecule has 1 aliphatic rings. The van der Waals surface area contributed by atoms with Gasteiger partial charge in [-0.2, -0.15) is 0 Å².